The Morgan fingerprint density at radius 3 is 3.05 bits per heavy atom. The van der Waals surface area contributed by atoms with Crippen LogP contribution < -0.4 is 5.32 Å². The fourth-order valence-corrected chi connectivity index (χ4v) is 3.09. The Labute approximate surface area is 120 Å². The van der Waals surface area contributed by atoms with Crippen LogP contribution in [0.4, 0.5) is 0 Å². The molecule has 2 aromatic heterocycles. The lowest BCUT2D eigenvalue weighted by Crippen LogP contribution is -2.28. The lowest BCUT2D eigenvalue weighted by atomic mass is 10.1. The maximum absolute atomic E-state index is 11.9. The minimum atomic E-state index is -0.150. The highest BCUT2D eigenvalue weighted by atomic mass is 32.1. The molecule has 2 heterocycles. The zero-order valence-electron chi connectivity index (χ0n) is 10.6. The Kier molecular flexibility index (Phi) is 5.07. The maximum Gasteiger partial charge on any atom is 0.270 e. The van der Waals surface area contributed by atoms with Gasteiger partial charge in [-0.1, -0.05) is 6.92 Å². The first-order valence-corrected chi connectivity index (χ1v) is 7.90. The van der Waals surface area contributed by atoms with E-state index in [2.05, 4.69) is 10.3 Å². The number of hydrogen-bond donors (Lipinski definition) is 2. The number of rotatable bonds is 6. The van der Waals surface area contributed by atoms with E-state index in [9.17, 15) is 4.79 Å². The summed E-state index contributed by atoms with van der Waals surface area (Å²) >= 11 is 3.09. The molecule has 2 aromatic rings. The summed E-state index contributed by atoms with van der Waals surface area (Å²) in [4.78, 5) is 16.2. The summed E-state index contributed by atoms with van der Waals surface area (Å²) in [6.45, 7) is 2.70. The summed E-state index contributed by atoms with van der Waals surface area (Å²) in [5.41, 5.74) is 1.52. The molecule has 0 aliphatic rings. The van der Waals surface area contributed by atoms with Crippen molar-refractivity contribution < 1.29 is 9.90 Å². The minimum absolute atomic E-state index is 0.149. The predicted octanol–water partition coefficient (Wildman–Crippen LogP) is 2.62. The van der Waals surface area contributed by atoms with E-state index < -0.39 is 0 Å². The van der Waals surface area contributed by atoms with Gasteiger partial charge in [-0.05, 0) is 23.8 Å². The molecule has 4 nitrogen and oxygen atoms in total. The molecule has 0 saturated heterocycles. The van der Waals surface area contributed by atoms with Crippen molar-refractivity contribution in [2.45, 2.75) is 13.3 Å². The Balaban J connectivity index is 1.93. The number of carbonyl (C=O) groups is 1. The smallest absolute Gasteiger partial charge is 0.270 e. The molecule has 19 heavy (non-hydrogen) atoms. The van der Waals surface area contributed by atoms with Gasteiger partial charge in [-0.15, -0.1) is 11.3 Å². The Bertz CT molecular complexity index is 522. The maximum atomic E-state index is 11.9. The van der Waals surface area contributed by atoms with Crippen molar-refractivity contribution in [3.05, 3.63) is 27.9 Å². The standard InChI is InChI=1S/C13H16N2O2S2/c1-9(2-4-16)6-14-12(17)11-8-19-13(15-11)10-3-5-18-7-10/h3,5,7-9,16H,2,4,6H2,1H3,(H,14,17). The lowest BCUT2D eigenvalue weighted by molar-refractivity contribution is 0.0941. The number of hydrogen-bond acceptors (Lipinski definition) is 5. The van der Waals surface area contributed by atoms with Crippen LogP contribution in [0, 0.1) is 5.92 Å². The van der Waals surface area contributed by atoms with Crippen molar-refractivity contribution in [2.24, 2.45) is 5.92 Å². The number of nitrogens with one attached hydrogen (secondary N) is 1. The third-order valence-corrected chi connectivity index (χ3v) is 4.31. The second-order valence-electron chi connectivity index (χ2n) is 4.38. The largest absolute Gasteiger partial charge is 0.396 e. The molecule has 0 fully saturated rings. The summed E-state index contributed by atoms with van der Waals surface area (Å²) in [7, 11) is 0. The minimum Gasteiger partial charge on any atom is -0.396 e. The average molecular weight is 296 g/mol. The normalized spacial score (nSPS) is 12.3. The summed E-state index contributed by atoms with van der Waals surface area (Å²) in [5.74, 6) is 0.117. The third kappa shape index (κ3) is 3.86. The summed E-state index contributed by atoms with van der Waals surface area (Å²) in [6, 6.07) is 1.99. The summed E-state index contributed by atoms with van der Waals surface area (Å²) in [6.07, 6.45) is 0.692. The first-order chi connectivity index (χ1) is 9.20. The van der Waals surface area contributed by atoms with E-state index in [-0.39, 0.29) is 18.4 Å². The van der Waals surface area contributed by atoms with Gasteiger partial charge < -0.3 is 10.4 Å². The van der Waals surface area contributed by atoms with Gasteiger partial charge in [-0.25, -0.2) is 4.98 Å². The zero-order valence-corrected chi connectivity index (χ0v) is 12.3. The topological polar surface area (TPSA) is 62.2 Å². The van der Waals surface area contributed by atoms with Crippen molar-refractivity contribution in [3.63, 3.8) is 0 Å². The SMILES string of the molecule is CC(CCO)CNC(=O)c1csc(-c2ccsc2)n1. The van der Waals surface area contributed by atoms with Gasteiger partial charge >= 0.3 is 0 Å². The van der Waals surface area contributed by atoms with Crippen LogP contribution in [0.2, 0.25) is 0 Å². The van der Waals surface area contributed by atoms with E-state index >= 15 is 0 Å². The van der Waals surface area contributed by atoms with E-state index in [1.807, 2.05) is 23.8 Å². The molecule has 1 unspecified atom stereocenters. The van der Waals surface area contributed by atoms with Gasteiger partial charge in [0.05, 0.1) is 0 Å². The van der Waals surface area contributed by atoms with Crippen molar-refractivity contribution in [2.75, 3.05) is 13.2 Å². The fourth-order valence-electron chi connectivity index (χ4n) is 1.58. The molecule has 0 saturated carbocycles. The number of aliphatic hydroxyl groups excluding tert-OH is 1. The molecule has 0 aromatic carbocycles. The molecule has 0 aliphatic carbocycles. The van der Waals surface area contributed by atoms with Crippen LogP contribution in [0.5, 0.6) is 0 Å². The molecule has 0 bridgehead atoms. The Morgan fingerprint density at radius 2 is 2.37 bits per heavy atom. The van der Waals surface area contributed by atoms with E-state index in [1.54, 1.807) is 16.7 Å². The average Bonchev–Trinajstić information content (AvgIpc) is 3.06. The van der Waals surface area contributed by atoms with Crippen molar-refractivity contribution >= 4 is 28.6 Å². The van der Waals surface area contributed by atoms with Crippen LogP contribution in [0.15, 0.2) is 22.2 Å². The number of aliphatic hydroxyl groups is 1. The number of nitrogens with zero attached hydrogens (tertiary/aromatic N) is 1. The molecule has 2 rings (SSSR count). The second kappa shape index (κ2) is 6.79. The quantitative estimate of drug-likeness (QED) is 0.861. The number of carbonyl (C=O) groups excluding carboxylic acids is 1. The molecule has 0 spiro atoms. The van der Waals surface area contributed by atoms with Gasteiger partial charge in [-0.3, -0.25) is 4.79 Å². The van der Waals surface area contributed by atoms with E-state index in [0.717, 1.165) is 10.6 Å². The molecule has 0 radical (unpaired) electrons. The van der Waals surface area contributed by atoms with E-state index in [0.29, 0.717) is 18.7 Å². The Morgan fingerprint density at radius 1 is 1.53 bits per heavy atom. The zero-order chi connectivity index (χ0) is 13.7. The molecule has 1 amide bonds. The molecule has 1 atom stereocenters. The van der Waals surface area contributed by atoms with Gasteiger partial charge in [0.15, 0.2) is 0 Å². The van der Waals surface area contributed by atoms with Crippen LogP contribution in [0.25, 0.3) is 10.6 Å². The van der Waals surface area contributed by atoms with Crippen molar-refractivity contribution in [3.8, 4) is 10.6 Å². The molecular formula is C13H16N2O2S2. The Hall–Kier alpha value is -1.24. The van der Waals surface area contributed by atoms with Crippen molar-refractivity contribution in [1.82, 2.24) is 10.3 Å². The highest BCUT2D eigenvalue weighted by molar-refractivity contribution is 7.14. The monoisotopic (exact) mass is 296 g/mol. The first-order valence-electron chi connectivity index (χ1n) is 6.08. The lowest BCUT2D eigenvalue weighted by Gasteiger charge is -2.09. The fraction of sp³-hybridized carbons (Fsp3) is 0.385. The van der Waals surface area contributed by atoms with Crippen molar-refractivity contribution in [1.29, 1.82) is 0 Å². The van der Waals surface area contributed by atoms with Gasteiger partial charge in [-0.2, -0.15) is 11.3 Å². The van der Waals surface area contributed by atoms with Crippen LogP contribution in [-0.4, -0.2) is 29.1 Å². The predicted molar refractivity (Wildman–Crippen MR) is 78.6 cm³/mol. The first kappa shape index (κ1) is 14.2. The highest BCUT2D eigenvalue weighted by Crippen LogP contribution is 2.25. The second-order valence-corrected chi connectivity index (χ2v) is 6.02. The molecule has 0 aliphatic heterocycles. The number of aromatic nitrogens is 1. The summed E-state index contributed by atoms with van der Waals surface area (Å²) < 4.78 is 0. The highest BCUT2D eigenvalue weighted by Gasteiger charge is 2.12. The van der Waals surface area contributed by atoms with Gasteiger partial charge in [0.25, 0.3) is 5.91 Å². The van der Waals surface area contributed by atoms with Crippen LogP contribution >= 0.6 is 22.7 Å². The van der Waals surface area contributed by atoms with Crippen LogP contribution in [0.3, 0.4) is 0 Å². The number of thiophene rings is 1. The number of thiazole rings is 1. The van der Waals surface area contributed by atoms with Gasteiger partial charge in [0.2, 0.25) is 0 Å². The van der Waals surface area contributed by atoms with E-state index in [4.69, 9.17) is 5.11 Å². The molecule has 2 N–H and O–H groups in total. The van der Waals surface area contributed by atoms with Crippen LogP contribution in [0.1, 0.15) is 23.8 Å². The summed E-state index contributed by atoms with van der Waals surface area (Å²) in [5, 5.41) is 18.3. The van der Waals surface area contributed by atoms with E-state index in [1.165, 1.54) is 11.3 Å². The molecule has 6 heteroatoms. The molecular weight excluding hydrogens is 280 g/mol. The van der Waals surface area contributed by atoms with Gasteiger partial charge in [0.1, 0.15) is 10.7 Å². The third-order valence-electron chi connectivity index (χ3n) is 2.74. The molecule has 102 valence electrons. The van der Waals surface area contributed by atoms with Crippen LogP contribution in [-0.2, 0) is 0 Å². The van der Waals surface area contributed by atoms with Gasteiger partial charge in [0, 0.05) is 29.5 Å². The number of amides is 1.